The quantitative estimate of drug-likeness (QED) is 0.626. The van der Waals surface area contributed by atoms with Gasteiger partial charge in [-0.15, -0.1) is 23.1 Å². The molecule has 2 rings (SSSR count). The van der Waals surface area contributed by atoms with E-state index in [0.717, 1.165) is 4.21 Å². The Bertz CT molecular complexity index is 626. The molecule has 0 N–H and O–H groups in total. The van der Waals surface area contributed by atoms with Crippen LogP contribution in [-0.2, 0) is 9.53 Å². The van der Waals surface area contributed by atoms with Crippen LogP contribution in [0.15, 0.2) is 46.0 Å². The molecule has 110 valence electrons. The number of thioether (sulfide) groups is 1. The highest BCUT2D eigenvalue weighted by atomic mass is 32.2. The van der Waals surface area contributed by atoms with Crippen molar-refractivity contribution in [2.45, 2.75) is 4.21 Å². The summed E-state index contributed by atoms with van der Waals surface area (Å²) in [5.41, 5.74) is 0.943. The number of hydrogen-bond donors (Lipinski definition) is 0. The number of esters is 1. The van der Waals surface area contributed by atoms with E-state index in [2.05, 4.69) is 0 Å². The van der Waals surface area contributed by atoms with Crippen LogP contribution < -0.4 is 4.90 Å². The van der Waals surface area contributed by atoms with Crippen molar-refractivity contribution in [2.24, 2.45) is 0 Å². The Kier molecular flexibility index (Phi) is 5.41. The van der Waals surface area contributed by atoms with Crippen molar-refractivity contribution in [1.29, 1.82) is 0 Å². The molecule has 4 nitrogen and oxygen atoms in total. The molecule has 0 aliphatic carbocycles. The molecule has 0 fully saturated rings. The van der Waals surface area contributed by atoms with Crippen LogP contribution in [0, 0.1) is 0 Å². The molecule has 1 aromatic heterocycles. The van der Waals surface area contributed by atoms with Crippen LogP contribution in [0.2, 0.25) is 0 Å². The monoisotopic (exact) mass is 321 g/mol. The van der Waals surface area contributed by atoms with Gasteiger partial charge in [-0.05, 0) is 23.6 Å². The minimum atomic E-state index is -0.448. The number of carbonyl (C=O) groups is 2. The van der Waals surface area contributed by atoms with Gasteiger partial charge in [0.25, 0.3) is 0 Å². The van der Waals surface area contributed by atoms with Gasteiger partial charge in [0, 0.05) is 7.05 Å². The maximum atomic E-state index is 12.3. The highest BCUT2D eigenvalue weighted by molar-refractivity contribution is 8.01. The number of thiophene rings is 1. The molecule has 21 heavy (non-hydrogen) atoms. The normalized spacial score (nSPS) is 10.2. The summed E-state index contributed by atoms with van der Waals surface area (Å²) in [6.07, 6.45) is 0. The molecule has 0 saturated carbocycles. The molecule has 0 radical (unpaired) electrons. The second-order valence-electron chi connectivity index (χ2n) is 4.18. The number of amides is 1. The maximum absolute atomic E-state index is 12.3. The summed E-state index contributed by atoms with van der Waals surface area (Å²) in [6.45, 7) is 0. The molecule has 0 bridgehead atoms. The van der Waals surface area contributed by atoms with Crippen LogP contribution in [-0.4, -0.2) is 31.8 Å². The number of methoxy groups -OCH3 is 1. The van der Waals surface area contributed by atoms with Crippen molar-refractivity contribution in [1.82, 2.24) is 0 Å². The smallest absolute Gasteiger partial charge is 0.339 e. The molecule has 6 heteroatoms. The van der Waals surface area contributed by atoms with E-state index in [4.69, 9.17) is 4.74 Å². The van der Waals surface area contributed by atoms with Crippen LogP contribution in [0.25, 0.3) is 0 Å². The first-order valence-corrected chi connectivity index (χ1v) is 8.10. The molecular formula is C15H15NO3S2. The number of rotatable bonds is 5. The molecule has 0 aliphatic rings. The van der Waals surface area contributed by atoms with Gasteiger partial charge in [0.1, 0.15) is 0 Å². The fraction of sp³-hybridized carbons (Fsp3) is 0.200. The summed E-state index contributed by atoms with van der Waals surface area (Å²) < 4.78 is 5.84. The van der Waals surface area contributed by atoms with Crippen LogP contribution in [0.3, 0.4) is 0 Å². The van der Waals surface area contributed by atoms with E-state index in [-0.39, 0.29) is 5.91 Å². The average Bonchev–Trinajstić information content (AvgIpc) is 3.04. The van der Waals surface area contributed by atoms with E-state index in [0.29, 0.717) is 17.0 Å². The number of benzene rings is 1. The van der Waals surface area contributed by atoms with E-state index in [9.17, 15) is 9.59 Å². The highest BCUT2D eigenvalue weighted by Crippen LogP contribution is 2.25. The van der Waals surface area contributed by atoms with Crippen molar-refractivity contribution in [3.63, 3.8) is 0 Å². The van der Waals surface area contributed by atoms with Crippen molar-refractivity contribution in [2.75, 3.05) is 24.8 Å². The third-order valence-electron chi connectivity index (χ3n) is 2.88. The minimum Gasteiger partial charge on any atom is -0.465 e. The predicted octanol–water partition coefficient (Wildman–Crippen LogP) is 3.29. The first-order valence-electron chi connectivity index (χ1n) is 6.23. The van der Waals surface area contributed by atoms with Gasteiger partial charge in [-0.2, -0.15) is 0 Å². The lowest BCUT2D eigenvalue weighted by molar-refractivity contribution is -0.115. The summed E-state index contributed by atoms with van der Waals surface area (Å²) >= 11 is 3.09. The van der Waals surface area contributed by atoms with Gasteiger partial charge in [-0.25, -0.2) is 4.79 Å². The highest BCUT2D eigenvalue weighted by Gasteiger charge is 2.18. The SMILES string of the molecule is COC(=O)c1ccccc1N(C)C(=O)CSc1cccs1. The number of ether oxygens (including phenoxy) is 1. The number of nitrogens with zero attached hydrogens (tertiary/aromatic N) is 1. The fourth-order valence-electron chi connectivity index (χ4n) is 1.76. The topological polar surface area (TPSA) is 46.6 Å². The lowest BCUT2D eigenvalue weighted by atomic mass is 10.1. The Morgan fingerprint density at radius 3 is 2.67 bits per heavy atom. The number of hydrogen-bond acceptors (Lipinski definition) is 5. The summed E-state index contributed by atoms with van der Waals surface area (Å²) in [7, 11) is 2.99. The molecule has 0 aliphatic heterocycles. The molecule has 1 aromatic carbocycles. The summed E-state index contributed by atoms with van der Waals surface area (Å²) in [4.78, 5) is 25.5. The van der Waals surface area contributed by atoms with Gasteiger partial charge < -0.3 is 9.64 Å². The first kappa shape index (κ1) is 15.6. The van der Waals surface area contributed by atoms with Gasteiger partial charge in [-0.3, -0.25) is 4.79 Å². The van der Waals surface area contributed by atoms with Crippen LogP contribution >= 0.6 is 23.1 Å². The van der Waals surface area contributed by atoms with E-state index < -0.39 is 5.97 Å². The Morgan fingerprint density at radius 2 is 2.00 bits per heavy atom. The standard InChI is InChI=1S/C15H15NO3S2/c1-16(13(17)10-21-14-8-5-9-20-14)12-7-4-3-6-11(12)15(18)19-2/h3-9H,10H2,1-2H3. The summed E-state index contributed by atoms with van der Waals surface area (Å²) in [6, 6.07) is 10.8. The summed E-state index contributed by atoms with van der Waals surface area (Å²) in [5, 5.41) is 1.98. The maximum Gasteiger partial charge on any atom is 0.339 e. The predicted molar refractivity (Wildman–Crippen MR) is 86.2 cm³/mol. The lowest BCUT2D eigenvalue weighted by Gasteiger charge is -2.19. The molecule has 0 unspecified atom stereocenters. The second kappa shape index (κ2) is 7.28. The van der Waals surface area contributed by atoms with E-state index in [1.807, 2.05) is 17.5 Å². The fourth-order valence-corrected chi connectivity index (χ4v) is 3.46. The molecule has 2 aromatic rings. The van der Waals surface area contributed by atoms with Crippen molar-refractivity contribution < 1.29 is 14.3 Å². The Labute approximate surface area is 131 Å². The molecular weight excluding hydrogens is 306 g/mol. The zero-order valence-corrected chi connectivity index (χ0v) is 13.4. The number of anilines is 1. The van der Waals surface area contributed by atoms with Crippen LogP contribution in [0.5, 0.6) is 0 Å². The van der Waals surface area contributed by atoms with E-state index in [1.165, 1.54) is 23.8 Å². The van der Waals surface area contributed by atoms with Gasteiger partial charge in [0.15, 0.2) is 0 Å². The van der Waals surface area contributed by atoms with Crippen molar-refractivity contribution in [3.8, 4) is 0 Å². The Morgan fingerprint density at radius 1 is 1.24 bits per heavy atom. The molecule has 1 heterocycles. The largest absolute Gasteiger partial charge is 0.465 e. The van der Waals surface area contributed by atoms with Crippen LogP contribution in [0.1, 0.15) is 10.4 Å². The lowest BCUT2D eigenvalue weighted by Crippen LogP contribution is -2.29. The molecule has 1 amide bonds. The van der Waals surface area contributed by atoms with E-state index in [1.54, 1.807) is 42.6 Å². The molecule has 0 saturated heterocycles. The zero-order chi connectivity index (χ0) is 15.2. The second-order valence-corrected chi connectivity index (χ2v) is 6.41. The number of carbonyl (C=O) groups excluding carboxylic acids is 2. The number of para-hydroxylation sites is 1. The van der Waals surface area contributed by atoms with Crippen molar-refractivity contribution >= 4 is 40.7 Å². The summed E-state index contributed by atoms with van der Waals surface area (Å²) in [5.74, 6) is -0.187. The third-order valence-corrected chi connectivity index (χ3v) is 4.99. The minimum absolute atomic E-state index is 0.0650. The average molecular weight is 321 g/mol. The van der Waals surface area contributed by atoms with Gasteiger partial charge in [0.2, 0.25) is 5.91 Å². The zero-order valence-electron chi connectivity index (χ0n) is 11.7. The van der Waals surface area contributed by atoms with Gasteiger partial charge >= 0.3 is 5.97 Å². The van der Waals surface area contributed by atoms with Crippen LogP contribution in [0.4, 0.5) is 5.69 Å². The molecule has 0 atom stereocenters. The van der Waals surface area contributed by atoms with Gasteiger partial charge in [0.05, 0.1) is 28.3 Å². The first-order chi connectivity index (χ1) is 10.1. The van der Waals surface area contributed by atoms with E-state index >= 15 is 0 Å². The third kappa shape index (κ3) is 3.86. The Balaban J connectivity index is 2.10. The van der Waals surface area contributed by atoms with Gasteiger partial charge in [-0.1, -0.05) is 18.2 Å². The Hall–Kier alpha value is -1.79. The molecule has 0 spiro atoms. The van der Waals surface area contributed by atoms with Crippen molar-refractivity contribution in [3.05, 3.63) is 47.3 Å².